The highest BCUT2D eigenvalue weighted by atomic mass is 16.6. The molecule has 2 fully saturated rings. The van der Waals surface area contributed by atoms with Gasteiger partial charge in [0, 0.05) is 13.5 Å². The molecule has 0 aromatic carbocycles. The molecule has 0 saturated carbocycles. The van der Waals surface area contributed by atoms with Gasteiger partial charge in [-0.25, -0.2) is 0 Å². The number of aliphatic hydroxyl groups is 7. The Morgan fingerprint density at radius 3 is 1.97 bits per heavy atom. The van der Waals surface area contributed by atoms with Gasteiger partial charge in [-0.1, -0.05) is 13.3 Å². The summed E-state index contributed by atoms with van der Waals surface area (Å²) in [5, 5.41) is 70.8. The predicted octanol–water partition coefficient (Wildman–Crippen LogP) is -3.10. The molecule has 0 radical (unpaired) electrons. The first kappa shape index (κ1) is 25.8. The van der Waals surface area contributed by atoms with E-state index in [1.807, 2.05) is 6.92 Å². The molecule has 7 N–H and O–H groups in total. The lowest BCUT2D eigenvalue weighted by atomic mass is 9.91. The van der Waals surface area contributed by atoms with Crippen LogP contribution in [0.15, 0.2) is 0 Å². The van der Waals surface area contributed by atoms with Crippen LogP contribution in [0.25, 0.3) is 0 Å². The molecule has 11 unspecified atom stereocenters. The molecule has 2 aliphatic rings. The van der Waals surface area contributed by atoms with Gasteiger partial charge in [0.2, 0.25) is 0 Å². The Bertz CT molecular complexity index is 493. The second-order valence-electron chi connectivity index (χ2n) is 7.99. The lowest BCUT2D eigenvalue weighted by Gasteiger charge is -2.44. The van der Waals surface area contributed by atoms with Crippen LogP contribution in [-0.4, -0.2) is 130 Å². The van der Waals surface area contributed by atoms with Crippen LogP contribution in [0.1, 0.15) is 26.2 Å². The number of hydrogen-bond donors (Lipinski definition) is 7. The van der Waals surface area contributed by atoms with Crippen LogP contribution >= 0.6 is 0 Å². The van der Waals surface area contributed by atoms with Crippen molar-refractivity contribution in [2.45, 2.75) is 93.3 Å². The molecule has 0 amide bonds. The number of methoxy groups -OCH3 is 1. The first-order valence-electron chi connectivity index (χ1n) is 10.4. The van der Waals surface area contributed by atoms with Crippen LogP contribution < -0.4 is 0 Å². The predicted molar refractivity (Wildman–Crippen MR) is 102 cm³/mol. The van der Waals surface area contributed by atoms with Crippen LogP contribution in [-0.2, 0) is 18.9 Å². The maximum atomic E-state index is 10.4. The van der Waals surface area contributed by atoms with Crippen LogP contribution in [0, 0.1) is 0 Å². The number of hydrogen-bond acceptors (Lipinski definition) is 11. The lowest BCUT2D eigenvalue weighted by Crippen LogP contribution is -2.62. The Kier molecular flexibility index (Phi) is 10.3. The average molecular weight is 440 g/mol. The summed E-state index contributed by atoms with van der Waals surface area (Å²) in [6, 6.07) is 0. The zero-order valence-electron chi connectivity index (χ0n) is 17.4. The van der Waals surface area contributed by atoms with E-state index >= 15 is 0 Å². The first-order valence-corrected chi connectivity index (χ1v) is 10.4. The second kappa shape index (κ2) is 12.0. The van der Waals surface area contributed by atoms with Crippen molar-refractivity contribution in [3.63, 3.8) is 0 Å². The number of rotatable bonds is 10. The van der Waals surface area contributed by atoms with Gasteiger partial charge in [0.25, 0.3) is 0 Å². The smallest absolute Gasteiger partial charge is 0.114 e. The van der Waals surface area contributed by atoms with Gasteiger partial charge in [0.15, 0.2) is 0 Å². The molecule has 2 heterocycles. The fourth-order valence-electron chi connectivity index (χ4n) is 3.96. The van der Waals surface area contributed by atoms with E-state index in [-0.39, 0.29) is 19.6 Å². The van der Waals surface area contributed by atoms with Crippen molar-refractivity contribution in [2.24, 2.45) is 0 Å². The number of aliphatic hydroxyl groups excluding tert-OH is 7. The molecule has 0 spiro atoms. The van der Waals surface area contributed by atoms with Gasteiger partial charge in [-0.2, -0.15) is 0 Å². The molecular weight excluding hydrogens is 404 g/mol. The summed E-state index contributed by atoms with van der Waals surface area (Å²) < 4.78 is 21.8. The molecule has 2 saturated heterocycles. The molecule has 11 heteroatoms. The molecule has 0 aromatic heterocycles. The second-order valence-corrected chi connectivity index (χ2v) is 7.99. The van der Waals surface area contributed by atoms with Gasteiger partial charge in [-0.05, 0) is 6.42 Å². The summed E-state index contributed by atoms with van der Waals surface area (Å²) in [5.41, 5.74) is 0. The van der Waals surface area contributed by atoms with Gasteiger partial charge in [0.05, 0.1) is 32.0 Å². The minimum Gasteiger partial charge on any atom is -0.394 e. The van der Waals surface area contributed by atoms with Crippen molar-refractivity contribution in [1.29, 1.82) is 0 Å². The van der Waals surface area contributed by atoms with Gasteiger partial charge >= 0.3 is 0 Å². The molecular formula is C19H36O11. The topological polar surface area (TPSA) is 179 Å². The third-order valence-corrected chi connectivity index (χ3v) is 5.68. The van der Waals surface area contributed by atoms with E-state index in [1.165, 1.54) is 7.11 Å². The van der Waals surface area contributed by atoms with E-state index in [9.17, 15) is 35.7 Å². The highest BCUT2D eigenvalue weighted by Gasteiger charge is 2.47. The van der Waals surface area contributed by atoms with Crippen molar-refractivity contribution in [3.8, 4) is 0 Å². The first-order chi connectivity index (χ1) is 14.2. The highest BCUT2D eigenvalue weighted by molar-refractivity contribution is 4.95. The van der Waals surface area contributed by atoms with Crippen LogP contribution in [0.3, 0.4) is 0 Å². The molecule has 0 aromatic rings. The number of ether oxygens (including phenoxy) is 4. The largest absolute Gasteiger partial charge is 0.394 e. The van der Waals surface area contributed by atoms with Gasteiger partial charge in [0.1, 0.15) is 54.9 Å². The third kappa shape index (κ3) is 6.08. The molecule has 0 aliphatic carbocycles. The summed E-state index contributed by atoms with van der Waals surface area (Å²) >= 11 is 0. The normalized spacial score (nSPS) is 43.5. The van der Waals surface area contributed by atoms with Crippen molar-refractivity contribution in [1.82, 2.24) is 0 Å². The summed E-state index contributed by atoms with van der Waals surface area (Å²) in [7, 11) is 1.41. The van der Waals surface area contributed by atoms with Gasteiger partial charge < -0.3 is 54.7 Å². The average Bonchev–Trinajstić information content (AvgIpc) is 2.72. The molecule has 11 nitrogen and oxygen atoms in total. The molecule has 2 rings (SSSR count). The fraction of sp³-hybridized carbons (Fsp3) is 1.00. The Hall–Kier alpha value is -0.440. The monoisotopic (exact) mass is 440 g/mol. The van der Waals surface area contributed by atoms with Crippen LogP contribution in [0.5, 0.6) is 0 Å². The Balaban J connectivity index is 2.01. The Morgan fingerprint density at radius 1 is 0.800 bits per heavy atom. The maximum Gasteiger partial charge on any atom is 0.114 e. The van der Waals surface area contributed by atoms with E-state index in [1.54, 1.807) is 0 Å². The van der Waals surface area contributed by atoms with E-state index < -0.39 is 73.8 Å². The summed E-state index contributed by atoms with van der Waals surface area (Å²) in [5.74, 6) is 0. The lowest BCUT2D eigenvalue weighted by molar-refractivity contribution is -0.272. The minimum atomic E-state index is -1.51. The fourth-order valence-corrected chi connectivity index (χ4v) is 3.96. The van der Waals surface area contributed by atoms with E-state index in [4.69, 9.17) is 18.9 Å². The summed E-state index contributed by atoms with van der Waals surface area (Å²) in [6.45, 7) is 1.11. The maximum absolute atomic E-state index is 10.4. The zero-order valence-corrected chi connectivity index (χ0v) is 17.4. The van der Waals surface area contributed by atoms with Crippen molar-refractivity contribution < 1.29 is 54.7 Å². The molecule has 178 valence electrons. The highest BCUT2D eigenvalue weighted by Crippen LogP contribution is 2.28. The molecule has 30 heavy (non-hydrogen) atoms. The van der Waals surface area contributed by atoms with Crippen molar-refractivity contribution in [2.75, 3.05) is 26.9 Å². The summed E-state index contributed by atoms with van der Waals surface area (Å²) in [6.07, 6.45) is -11.4. The van der Waals surface area contributed by atoms with Crippen LogP contribution in [0.4, 0.5) is 0 Å². The van der Waals surface area contributed by atoms with Crippen molar-refractivity contribution in [3.05, 3.63) is 0 Å². The van der Waals surface area contributed by atoms with E-state index in [0.717, 1.165) is 6.42 Å². The third-order valence-electron chi connectivity index (χ3n) is 5.68. The van der Waals surface area contributed by atoms with E-state index in [2.05, 4.69) is 0 Å². The summed E-state index contributed by atoms with van der Waals surface area (Å²) in [4.78, 5) is 0. The minimum absolute atomic E-state index is 0.0117. The van der Waals surface area contributed by atoms with Gasteiger partial charge in [-0.3, -0.25) is 0 Å². The molecule has 2 aliphatic heterocycles. The van der Waals surface area contributed by atoms with Crippen LogP contribution in [0.2, 0.25) is 0 Å². The standard InChI is InChI=1S/C19H36O11/c1-3-4-9(21)5-10-14(22)17(25)15(23)13(29-10)8-28-19-11(6-20)30-12(7-27-2)16(24)18(19)26/h9-26H,3-8H2,1-2H3. The van der Waals surface area contributed by atoms with Gasteiger partial charge in [-0.15, -0.1) is 0 Å². The van der Waals surface area contributed by atoms with E-state index in [0.29, 0.717) is 6.42 Å². The Morgan fingerprint density at radius 2 is 1.37 bits per heavy atom. The Labute approximate surface area is 175 Å². The SMILES string of the molecule is CCCC(O)CC1OC(COC2C(CO)OC(COC)C(O)C2O)C(O)C(O)C1O. The van der Waals surface area contributed by atoms with Crippen molar-refractivity contribution >= 4 is 0 Å². The molecule has 11 atom stereocenters. The molecule has 0 bridgehead atoms. The quantitative estimate of drug-likeness (QED) is 0.183. The zero-order chi connectivity index (χ0) is 22.4.